The molecule has 1 fully saturated rings. The highest BCUT2D eigenvalue weighted by molar-refractivity contribution is 5.60. The minimum atomic E-state index is 0.621. The van der Waals surface area contributed by atoms with Gasteiger partial charge < -0.3 is 10.6 Å². The van der Waals surface area contributed by atoms with Gasteiger partial charge in [0.25, 0.3) is 0 Å². The van der Waals surface area contributed by atoms with E-state index in [-0.39, 0.29) is 0 Å². The number of para-hydroxylation sites is 1. The standard InChI is InChI=1S/C15H24N2/c1-11-7-5-9-17(13(11)3)15-12(2)6-4-8-14(15)10-16/h4,6,8,11,13H,5,7,9-10,16H2,1-3H3. The summed E-state index contributed by atoms with van der Waals surface area (Å²) in [7, 11) is 0. The number of rotatable bonds is 2. The third kappa shape index (κ3) is 2.32. The summed E-state index contributed by atoms with van der Waals surface area (Å²) in [5.41, 5.74) is 9.90. The highest BCUT2D eigenvalue weighted by atomic mass is 15.2. The van der Waals surface area contributed by atoms with Crippen LogP contribution in [0.15, 0.2) is 18.2 Å². The van der Waals surface area contributed by atoms with Gasteiger partial charge in [-0.2, -0.15) is 0 Å². The first-order valence-electron chi connectivity index (χ1n) is 6.70. The molecule has 0 radical (unpaired) electrons. The number of nitrogens with two attached hydrogens (primary N) is 1. The highest BCUT2D eigenvalue weighted by Gasteiger charge is 2.26. The van der Waals surface area contributed by atoms with Crippen molar-refractivity contribution in [2.45, 2.75) is 46.2 Å². The molecule has 1 aliphatic heterocycles. The zero-order chi connectivity index (χ0) is 12.4. The molecule has 0 aliphatic carbocycles. The molecule has 0 bridgehead atoms. The maximum atomic E-state index is 5.88. The zero-order valence-electron chi connectivity index (χ0n) is 11.2. The summed E-state index contributed by atoms with van der Waals surface area (Å²) in [6, 6.07) is 7.09. The maximum Gasteiger partial charge on any atom is 0.0443 e. The Labute approximate surface area is 105 Å². The lowest BCUT2D eigenvalue weighted by molar-refractivity contribution is 0.362. The average Bonchev–Trinajstić information content (AvgIpc) is 2.33. The van der Waals surface area contributed by atoms with E-state index in [4.69, 9.17) is 5.73 Å². The summed E-state index contributed by atoms with van der Waals surface area (Å²) in [6.45, 7) is 8.70. The Morgan fingerprint density at radius 1 is 1.35 bits per heavy atom. The Hall–Kier alpha value is -1.02. The van der Waals surface area contributed by atoms with Crippen molar-refractivity contribution in [3.63, 3.8) is 0 Å². The molecule has 1 heterocycles. The van der Waals surface area contributed by atoms with Gasteiger partial charge in [-0.3, -0.25) is 0 Å². The molecule has 2 rings (SSSR count). The molecule has 1 aromatic rings. The van der Waals surface area contributed by atoms with Crippen LogP contribution in [0.1, 0.15) is 37.8 Å². The molecule has 2 unspecified atom stereocenters. The predicted molar refractivity (Wildman–Crippen MR) is 74.3 cm³/mol. The van der Waals surface area contributed by atoms with Crippen LogP contribution in [0.3, 0.4) is 0 Å². The SMILES string of the molecule is Cc1cccc(CN)c1N1CCCC(C)C1C. The molecule has 0 amide bonds. The summed E-state index contributed by atoms with van der Waals surface area (Å²) >= 11 is 0. The monoisotopic (exact) mass is 232 g/mol. The van der Waals surface area contributed by atoms with Gasteiger partial charge in [0, 0.05) is 24.8 Å². The number of nitrogens with zero attached hydrogens (tertiary/aromatic N) is 1. The first kappa shape index (κ1) is 12.4. The Morgan fingerprint density at radius 2 is 2.12 bits per heavy atom. The number of anilines is 1. The topological polar surface area (TPSA) is 29.3 Å². The fraction of sp³-hybridized carbons (Fsp3) is 0.600. The van der Waals surface area contributed by atoms with Crippen LogP contribution in [-0.4, -0.2) is 12.6 Å². The van der Waals surface area contributed by atoms with E-state index in [2.05, 4.69) is 43.9 Å². The first-order chi connectivity index (χ1) is 8.15. The summed E-state index contributed by atoms with van der Waals surface area (Å²) in [6.07, 6.45) is 2.64. The molecule has 17 heavy (non-hydrogen) atoms. The van der Waals surface area contributed by atoms with E-state index < -0.39 is 0 Å². The van der Waals surface area contributed by atoms with Crippen molar-refractivity contribution in [2.75, 3.05) is 11.4 Å². The molecule has 1 saturated heterocycles. The average molecular weight is 232 g/mol. The second-order valence-corrected chi connectivity index (χ2v) is 5.34. The highest BCUT2D eigenvalue weighted by Crippen LogP contribution is 2.33. The van der Waals surface area contributed by atoms with Crippen molar-refractivity contribution < 1.29 is 0 Å². The van der Waals surface area contributed by atoms with Crippen LogP contribution in [-0.2, 0) is 6.54 Å². The molecular formula is C15H24N2. The van der Waals surface area contributed by atoms with E-state index in [1.165, 1.54) is 36.2 Å². The number of hydrogen-bond acceptors (Lipinski definition) is 2. The van der Waals surface area contributed by atoms with Crippen molar-refractivity contribution in [2.24, 2.45) is 11.7 Å². The molecule has 2 heteroatoms. The largest absolute Gasteiger partial charge is 0.368 e. The third-order valence-corrected chi connectivity index (χ3v) is 4.20. The molecule has 1 aromatic carbocycles. The Morgan fingerprint density at radius 3 is 2.82 bits per heavy atom. The quantitative estimate of drug-likeness (QED) is 0.849. The molecule has 2 N–H and O–H groups in total. The van der Waals surface area contributed by atoms with Crippen LogP contribution >= 0.6 is 0 Å². The lowest BCUT2D eigenvalue weighted by atomic mass is 9.90. The summed E-state index contributed by atoms with van der Waals surface area (Å²) in [5.74, 6) is 0.772. The number of piperidine rings is 1. The van der Waals surface area contributed by atoms with Crippen molar-refractivity contribution in [1.82, 2.24) is 0 Å². The smallest absolute Gasteiger partial charge is 0.0443 e. The fourth-order valence-corrected chi connectivity index (χ4v) is 2.95. The number of hydrogen-bond donors (Lipinski definition) is 1. The second kappa shape index (κ2) is 5.09. The van der Waals surface area contributed by atoms with Crippen molar-refractivity contribution in [1.29, 1.82) is 0 Å². The Bertz CT molecular complexity index is 387. The molecular weight excluding hydrogens is 208 g/mol. The lowest BCUT2D eigenvalue weighted by Gasteiger charge is -2.41. The molecule has 1 aliphatic rings. The molecule has 0 spiro atoms. The van der Waals surface area contributed by atoms with Crippen LogP contribution in [0, 0.1) is 12.8 Å². The van der Waals surface area contributed by atoms with Gasteiger partial charge in [0.05, 0.1) is 0 Å². The van der Waals surface area contributed by atoms with Crippen LogP contribution in [0.25, 0.3) is 0 Å². The van der Waals surface area contributed by atoms with Crippen LogP contribution in [0.5, 0.6) is 0 Å². The van der Waals surface area contributed by atoms with Gasteiger partial charge >= 0.3 is 0 Å². The van der Waals surface area contributed by atoms with E-state index in [9.17, 15) is 0 Å². The van der Waals surface area contributed by atoms with E-state index in [0.29, 0.717) is 12.6 Å². The molecule has 2 atom stereocenters. The Balaban J connectivity index is 2.38. The van der Waals surface area contributed by atoms with E-state index in [1.54, 1.807) is 0 Å². The minimum Gasteiger partial charge on any atom is -0.368 e. The van der Waals surface area contributed by atoms with Gasteiger partial charge in [-0.1, -0.05) is 25.1 Å². The van der Waals surface area contributed by atoms with Crippen LogP contribution in [0.4, 0.5) is 5.69 Å². The van der Waals surface area contributed by atoms with Crippen LogP contribution < -0.4 is 10.6 Å². The van der Waals surface area contributed by atoms with E-state index in [1.807, 2.05) is 0 Å². The van der Waals surface area contributed by atoms with Crippen molar-refractivity contribution in [3.05, 3.63) is 29.3 Å². The normalized spacial score (nSPS) is 25.1. The van der Waals surface area contributed by atoms with Gasteiger partial charge in [-0.15, -0.1) is 0 Å². The van der Waals surface area contributed by atoms with Crippen molar-refractivity contribution >= 4 is 5.69 Å². The lowest BCUT2D eigenvalue weighted by Crippen LogP contribution is -2.43. The Kier molecular flexibility index (Phi) is 3.72. The summed E-state index contributed by atoms with van der Waals surface area (Å²) < 4.78 is 0. The van der Waals surface area contributed by atoms with Crippen molar-refractivity contribution in [3.8, 4) is 0 Å². The zero-order valence-corrected chi connectivity index (χ0v) is 11.2. The molecule has 2 nitrogen and oxygen atoms in total. The van der Waals surface area contributed by atoms with Gasteiger partial charge in [0.15, 0.2) is 0 Å². The van der Waals surface area contributed by atoms with Gasteiger partial charge in [0.2, 0.25) is 0 Å². The minimum absolute atomic E-state index is 0.621. The molecule has 0 saturated carbocycles. The molecule has 0 aromatic heterocycles. The number of aryl methyl sites for hydroxylation is 1. The summed E-state index contributed by atoms with van der Waals surface area (Å²) in [4.78, 5) is 2.56. The molecule has 94 valence electrons. The predicted octanol–water partition coefficient (Wildman–Crippen LogP) is 3.08. The fourth-order valence-electron chi connectivity index (χ4n) is 2.95. The maximum absolute atomic E-state index is 5.88. The second-order valence-electron chi connectivity index (χ2n) is 5.34. The van der Waals surface area contributed by atoms with Gasteiger partial charge in [0.1, 0.15) is 0 Å². The van der Waals surface area contributed by atoms with E-state index >= 15 is 0 Å². The van der Waals surface area contributed by atoms with Gasteiger partial charge in [-0.05, 0) is 43.7 Å². The number of benzene rings is 1. The third-order valence-electron chi connectivity index (χ3n) is 4.20. The van der Waals surface area contributed by atoms with Gasteiger partial charge in [-0.25, -0.2) is 0 Å². The van der Waals surface area contributed by atoms with Crippen LogP contribution in [0.2, 0.25) is 0 Å². The summed E-state index contributed by atoms with van der Waals surface area (Å²) in [5, 5.41) is 0. The van der Waals surface area contributed by atoms with E-state index in [0.717, 1.165) is 5.92 Å². The first-order valence-corrected chi connectivity index (χ1v) is 6.70.